The minimum absolute atomic E-state index is 0.0829. The average Bonchev–Trinajstić information content (AvgIpc) is 2.80. The summed E-state index contributed by atoms with van der Waals surface area (Å²) < 4.78 is 7.36. The van der Waals surface area contributed by atoms with E-state index >= 15 is 0 Å². The van der Waals surface area contributed by atoms with Crippen molar-refractivity contribution in [2.75, 3.05) is 25.0 Å². The van der Waals surface area contributed by atoms with Crippen molar-refractivity contribution in [3.05, 3.63) is 15.8 Å². The fourth-order valence-corrected chi connectivity index (χ4v) is 3.28. The number of aryl methyl sites for hydroxylation is 2. The monoisotopic (exact) mass is 339 g/mol. The van der Waals surface area contributed by atoms with Crippen molar-refractivity contribution in [3.8, 4) is 0 Å². The van der Waals surface area contributed by atoms with Crippen LogP contribution in [0.3, 0.4) is 0 Å². The van der Waals surface area contributed by atoms with Crippen molar-refractivity contribution in [2.45, 2.75) is 58.8 Å². The third-order valence-corrected chi connectivity index (χ3v) is 4.57. The molecule has 0 amide bonds. The maximum absolute atomic E-state index is 11.4. The van der Waals surface area contributed by atoms with Gasteiger partial charge in [-0.3, -0.25) is 15.0 Å². The maximum atomic E-state index is 11.4. The molecule has 2 rings (SSSR count). The van der Waals surface area contributed by atoms with Crippen molar-refractivity contribution in [1.82, 2.24) is 14.7 Å². The van der Waals surface area contributed by atoms with Gasteiger partial charge in [-0.15, -0.1) is 0 Å². The second-order valence-corrected chi connectivity index (χ2v) is 7.21. The maximum Gasteiger partial charge on any atom is 0.333 e. The topological polar surface area (TPSA) is 85.5 Å². The summed E-state index contributed by atoms with van der Waals surface area (Å²) in [6.07, 6.45) is 0.907. The minimum atomic E-state index is -0.347. The van der Waals surface area contributed by atoms with E-state index in [2.05, 4.69) is 43.0 Å². The van der Waals surface area contributed by atoms with Crippen molar-refractivity contribution < 1.29 is 9.66 Å². The normalized spacial score (nSPS) is 22.6. The van der Waals surface area contributed by atoms with E-state index in [0.29, 0.717) is 24.5 Å². The number of nitrogens with one attached hydrogen (secondary N) is 1. The summed E-state index contributed by atoms with van der Waals surface area (Å²) in [5, 5.41) is 18.9. The predicted molar refractivity (Wildman–Crippen MR) is 93.4 cm³/mol. The molecule has 1 aliphatic heterocycles. The number of hydrogen-bond acceptors (Lipinski definition) is 6. The molecule has 0 aromatic carbocycles. The van der Waals surface area contributed by atoms with E-state index in [4.69, 9.17) is 4.74 Å². The lowest BCUT2D eigenvalue weighted by atomic mass is 10.00. The molecular formula is C16H29N5O3. The lowest BCUT2D eigenvalue weighted by Crippen LogP contribution is -2.57. The van der Waals surface area contributed by atoms with Crippen LogP contribution in [0.4, 0.5) is 11.5 Å². The second kappa shape index (κ2) is 7.06. The summed E-state index contributed by atoms with van der Waals surface area (Å²) in [5.41, 5.74) is 0.438. The largest absolute Gasteiger partial charge is 0.373 e. The molecule has 1 aromatic rings. The third kappa shape index (κ3) is 3.87. The van der Waals surface area contributed by atoms with E-state index in [1.165, 1.54) is 0 Å². The highest BCUT2D eigenvalue weighted by Crippen LogP contribution is 2.30. The molecule has 1 saturated heterocycles. The van der Waals surface area contributed by atoms with Gasteiger partial charge >= 0.3 is 5.69 Å². The number of rotatable bonds is 6. The minimum Gasteiger partial charge on any atom is -0.373 e. The third-order valence-electron chi connectivity index (χ3n) is 4.57. The molecule has 8 nitrogen and oxygen atoms in total. The highest BCUT2D eigenvalue weighted by molar-refractivity contribution is 5.60. The van der Waals surface area contributed by atoms with Crippen LogP contribution >= 0.6 is 0 Å². The molecule has 2 atom stereocenters. The predicted octanol–water partition coefficient (Wildman–Crippen LogP) is 2.19. The van der Waals surface area contributed by atoms with Gasteiger partial charge in [-0.25, -0.2) is 4.68 Å². The first-order chi connectivity index (χ1) is 11.2. The van der Waals surface area contributed by atoms with E-state index in [9.17, 15) is 10.1 Å². The van der Waals surface area contributed by atoms with Crippen LogP contribution in [0.25, 0.3) is 0 Å². The average molecular weight is 339 g/mol. The Morgan fingerprint density at radius 2 is 1.96 bits per heavy atom. The fraction of sp³-hybridized carbons (Fsp3) is 0.812. The number of hydrogen-bond donors (Lipinski definition) is 1. The smallest absolute Gasteiger partial charge is 0.333 e. The van der Waals surface area contributed by atoms with Crippen molar-refractivity contribution in [2.24, 2.45) is 7.05 Å². The molecule has 2 unspecified atom stereocenters. The Morgan fingerprint density at radius 3 is 2.46 bits per heavy atom. The van der Waals surface area contributed by atoms with Gasteiger partial charge in [-0.05, 0) is 34.1 Å². The molecule has 1 aromatic heterocycles. The Kier molecular flexibility index (Phi) is 5.49. The quantitative estimate of drug-likeness (QED) is 0.632. The SMILES string of the molecule is CCc1nn(C)c(NCC(C)(C)N2CC(C)OC(C)C2)c1[N+](=O)[O-]. The first-order valence-electron chi connectivity index (χ1n) is 8.50. The van der Waals surface area contributed by atoms with Crippen LogP contribution in [0.5, 0.6) is 0 Å². The van der Waals surface area contributed by atoms with E-state index in [0.717, 1.165) is 13.1 Å². The molecule has 0 aliphatic carbocycles. The van der Waals surface area contributed by atoms with Crippen LogP contribution in [0.2, 0.25) is 0 Å². The molecule has 1 N–H and O–H groups in total. The van der Waals surface area contributed by atoms with Gasteiger partial charge in [0, 0.05) is 32.2 Å². The summed E-state index contributed by atoms with van der Waals surface area (Å²) in [7, 11) is 1.74. The van der Waals surface area contributed by atoms with Crippen LogP contribution in [0, 0.1) is 10.1 Å². The van der Waals surface area contributed by atoms with Crippen molar-refractivity contribution in [3.63, 3.8) is 0 Å². The summed E-state index contributed by atoms with van der Waals surface area (Å²) in [5.74, 6) is 0.472. The van der Waals surface area contributed by atoms with Gasteiger partial charge in [0.2, 0.25) is 5.82 Å². The zero-order valence-electron chi connectivity index (χ0n) is 15.5. The van der Waals surface area contributed by atoms with Crippen LogP contribution < -0.4 is 5.32 Å². The standard InChI is InChI=1S/C16H29N5O3/c1-7-13-14(21(22)23)15(19(6)18-13)17-10-16(4,5)20-8-11(2)24-12(3)9-20/h11-12,17H,7-10H2,1-6H3. The summed E-state index contributed by atoms with van der Waals surface area (Å²) in [6, 6.07) is 0. The number of morpholine rings is 1. The Bertz CT molecular complexity index is 589. The fourth-order valence-electron chi connectivity index (χ4n) is 3.28. The molecule has 2 heterocycles. The number of nitrogens with zero attached hydrogens (tertiary/aromatic N) is 4. The zero-order valence-corrected chi connectivity index (χ0v) is 15.5. The molecule has 8 heteroatoms. The highest BCUT2D eigenvalue weighted by Gasteiger charge is 2.34. The van der Waals surface area contributed by atoms with Crippen molar-refractivity contribution >= 4 is 11.5 Å². The summed E-state index contributed by atoms with van der Waals surface area (Å²) >= 11 is 0. The molecule has 136 valence electrons. The van der Waals surface area contributed by atoms with Gasteiger partial charge < -0.3 is 10.1 Å². The Labute approximate surface area is 143 Å². The Morgan fingerprint density at radius 1 is 1.38 bits per heavy atom. The van der Waals surface area contributed by atoms with Crippen LogP contribution in [0.15, 0.2) is 0 Å². The summed E-state index contributed by atoms with van der Waals surface area (Å²) in [6.45, 7) is 12.6. The first kappa shape index (κ1) is 18.7. The molecule has 0 radical (unpaired) electrons. The van der Waals surface area contributed by atoms with E-state index in [-0.39, 0.29) is 28.4 Å². The number of ether oxygens (including phenoxy) is 1. The highest BCUT2D eigenvalue weighted by atomic mass is 16.6. The number of aromatic nitrogens is 2. The van der Waals surface area contributed by atoms with Crippen LogP contribution in [-0.2, 0) is 18.2 Å². The number of nitro groups is 1. The zero-order chi connectivity index (χ0) is 18.1. The van der Waals surface area contributed by atoms with Gasteiger partial charge in [0.1, 0.15) is 5.69 Å². The number of anilines is 1. The Balaban J connectivity index is 2.15. The molecule has 0 bridgehead atoms. The molecule has 1 fully saturated rings. The van der Waals surface area contributed by atoms with Gasteiger partial charge in [0.25, 0.3) is 0 Å². The Hall–Kier alpha value is -1.67. The second-order valence-electron chi connectivity index (χ2n) is 7.21. The molecule has 0 spiro atoms. The van der Waals surface area contributed by atoms with E-state index in [1.54, 1.807) is 11.7 Å². The van der Waals surface area contributed by atoms with Crippen LogP contribution in [-0.4, -0.2) is 57.0 Å². The van der Waals surface area contributed by atoms with Crippen LogP contribution in [0.1, 0.15) is 40.3 Å². The molecule has 1 aliphatic rings. The van der Waals surface area contributed by atoms with Gasteiger partial charge in [-0.2, -0.15) is 5.10 Å². The molecule has 24 heavy (non-hydrogen) atoms. The van der Waals surface area contributed by atoms with E-state index in [1.807, 2.05) is 6.92 Å². The lowest BCUT2D eigenvalue weighted by molar-refractivity contribution is -0.384. The lowest BCUT2D eigenvalue weighted by Gasteiger charge is -2.45. The first-order valence-corrected chi connectivity index (χ1v) is 8.50. The van der Waals surface area contributed by atoms with Crippen molar-refractivity contribution in [1.29, 1.82) is 0 Å². The van der Waals surface area contributed by atoms with Gasteiger partial charge in [0.15, 0.2) is 0 Å². The van der Waals surface area contributed by atoms with Gasteiger partial charge in [-0.1, -0.05) is 6.92 Å². The molecule has 0 saturated carbocycles. The van der Waals surface area contributed by atoms with E-state index < -0.39 is 0 Å². The molecular weight excluding hydrogens is 310 g/mol. The van der Waals surface area contributed by atoms with Gasteiger partial charge in [0.05, 0.1) is 17.1 Å². The summed E-state index contributed by atoms with van der Waals surface area (Å²) in [4.78, 5) is 13.4.